The van der Waals surface area contributed by atoms with Crippen molar-refractivity contribution in [3.63, 3.8) is 0 Å². The average molecular weight is 515 g/mol. The highest BCUT2D eigenvalue weighted by molar-refractivity contribution is 9.10. The topological polar surface area (TPSA) is 58.6 Å². The number of amides is 2. The van der Waals surface area contributed by atoms with Gasteiger partial charge in [0.25, 0.3) is 5.91 Å². The molecule has 0 radical (unpaired) electrons. The summed E-state index contributed by atoms with van der Waals surface area (Å²) < 4.78 is 20.9. The van der Waals surface area contributed by atoms with Gasteiger partial charge in [-0.3, -0.25) is 9.59 Å². The fourth-order valence-corrected chi connectivity index (χ4v) is 4.08. The van der Waals surface area contributed by atoms with Gasteiger partial charge in [-0.25, -0.2) is 4.39 Å². The monoisotopic (exact) mass is 514 g/mol. The maximum Gasteiger partial charge on any atom is 0.261 e. The lowest BCUT2D eigenvalue weighted by Gasteiger charge is -2.29. The lowest BCUT2D eigenvalue weighted by atomic mass is 10.1. The Hall–Kier alpha value is -2.93. The van der Waals surface area contributed by atoms with Gasteiger partial charge in [0, 0.05) is 18.7 Å². The Labute approximate surface area is 202 Å². The SMILES string of the molecule is CCCCNC(=O)[C@@H](C)N(Cc1ccccc1F)C(=O)COc1ccc2ccccc2c1Br. The Morgan fingerprint density at radius 1 is 1.09 bits per heavy atom. The van der Waals surface area contributed by atoms with E-state index in [0.717, 1.165) is 28.1 Å². The van der Waals surface area contributed by atoms with Gasteiger partial charge in [-0.05, 0) is 52.2 Å². The van der Waals surface area contributed by atoms with Crippen molar-refractivity contribution in [2.45, 2.75) is 39.3 Å². The second kappa shape index (κ2) is 11.8. The van der Waals surface area contributed by atoms with Crippen LogP contribution in [-0.2, 0) is 16.1 Å². The molecule has 174 valence electrons. The Morgan fingerprint density at radius 3 is 2.58 bits per heavy atom. The lowest BCUT2D eigenvalue weighted by molar-refractivity contribution is -0.142. The molecule has 0 aromatic heterocycles. The van der Waals surface area contributed by atoms with Gasteiger partial charge in [0.05, 0.1) is 4.47 Å². The predicted octanol–water partition coefficient (Wildman–Crippen LogP) is 5.45. The Bertz CT molecular complexity index is 1120. The first-order chi connectivity index (χ1) is 15.9. The number of unbranched alkanes of at least 4 members (excludes halogenated alkanes) is 1. The summed E-state index contributed by atoms with van der Waals surface area (Å²) in [5, 5.41) is 4.86. The highest BCUT2D eigenvalue weighted by Gasteiger charge is 2.27. The van der Waals surface area contributed by atoms with E-state index in [2.05, 4.69) is 21.2 Å². The van der Waals surface area contributed by atoms with Crippen molar-refractivity contribution in [1.29, 1.82) is 0 Å². The molecule has 0 spiro atoms. The molecule has 2 amide bonds. The number of carbonyl (C=O) groups excluding carboxylic acids is 2. The lowest BCUT2D eigenvalue weighted by Crippen LogP contribution is -2.49. The van der Waals surface area contributed by atoms with Crippen molar-refractivity contribution in [2.75, 3.05) is 13.2 Å². The molecule has 3 aromatic carbocycles. The van der Waals surface area contributed by atoms with E-state index in [1.54, 1.807) is 31.2 Å². The zero-order chi connectivity index (χ0) is 23.8. The van der Waals surface area contributed by atoms with Crippen LogP contribution in [0.15, 0.2) is 65.1 Å². The summed E-state index contributed by atoms with van der Waals surface area (Å²) in [5.41, 5.74) is 0.339. The predicted molar refractivity (Wildman–Crippen MR) is 131 cm³/mol. The fourth-order valence-electron chi connectivity index (χ4n) is 3.48. The molecule has 0 aliphatic carbocycles. The second-order valence-corrected chi connectivity index (χ2v) is 8.61. The first-order valence-electron chi connectivity index (χ1n) is 11.0. The van der Waals surface area contributed by atoms with Crippen molar-refractivity contribution in [3.05, 3.63) is 76.5 Å². The van der Waals surface area contributed by atoms with Gasteiger partial charge >= 0.3 is 0 Å². The summed E-state index contributed by atoms with van der Waals surface area (Å²) in [7, 11) is 0. The molecule has 1 N–H and O–H groups in total. The second-order valence-electron chi connectivity index (χ2n) is 7.82. The Balaban J connectivity index is 1.77. The Morgan fingerprint density at radius 2 is 1.82 bits per heavy atom. The molecule has 0 aliphatic rings. The summed E-state index contributed by atoms with van der Waals surface area (Å²) in [6.07, 6.45) is 1.79. The van der Waals surface area contributed by atoms with Crippen molar-refractivity contribution in [2.24, 2.45) is 0 Å². The fraction of sp³-hybridized carbons (Fsp3) is 0.308. The summed E-state index contributed by atoms with van der Waals surface area (Å²) in [6, 6.07) is 17.0. The standard InChI is InChI=1S/C26H28BrFN2O3/c1-3-4-15-29-26(32)18(2)30(16-20-10-6-8-12-22(20)28)24(31)17-33-23-14-13-19-9-5-7-11-21(19)25(23)27/h5-14,18H,3-4,15-17H2,1-2H3,(H,29,32)/t18-/m1/s1. The van der Waals surface area contributed by atoms with Crippen LogP contribution < -0.4 is 10.1 Å². The van der Waals surface area contributed by atoms with Crippen LogP contribution in [0.3, 0.4) is 0 Å². The van der Waals surface area contributed by atoms with Gasteiger partial charge in [-0.2, -0.15) is 0 Å². The molecule has 0 saturated heterocycles. The molecule has 3 rings (SSSR count). The van der Waals surface area contributed by atoms with E-state index in [1.165, 1.54) is 11.0 Å². The maximum absolute atomic E-state index is 14.3. The molecule has 7 heteroatoms. The van der Waals surface area contributed by atoms with Crippen LogP contribution in [0.5, 0.6) is 5.75 Å². The molecular weight excluding hydrogens is 487 g/mol. The van der Waals surface area contributed by atoms with E-state index in [1.807, 2.05) is 37.3 Å². The van der Waals surface area contributed by atoms with Crippen LogP contribution in [0.1, 0.15) is 32.3 Å². The average Bonchev–Trinajstić information content (AvgIpc) is 2.82. The van der Waals surface area contributed by atoms with Gasteiger partial charge in [-0.15, -0.1) is 0 Å². The first-order valence-corrected chi connectivity index (χ1v) is 11.8. The smallest absolute Gasteiger partial charge is 0.261 e. The van der Waals surface area contributed by atoms with Crippen molar-refractivity contribution < 1.29 is 18.7 Å². The number of ether oxygens (including phenoxy) is 1. The number of halogens is 2. The van der Waals surface area contributed by atoms with Crippen LogP contribution in [0.4, 0.5) is 4.39 Å². The normalized spacial score (nSPS) is 11.8. The van der Waals surface area contributed by atoms with E-state index >= 15 is 0 Å². The number of benzene rings is 3. The minimum absolute atomic E-state index is 0.0316. The number of rotatable bonds is 10. The quantitative estimate of drug-likeness (QED) is 0.365. The maximum atomic E-state index is 14.3. The summed E-state index contributed by atoms with van der Waals surface area (Å²) in [5.74, 6) is -0.587. The van der Waals surface area contributed by atoms with Crippen LogP contribution in [0.2, 0.25) is 0 Å². The van der Waals surface area contributed by atoms with E-state index in [0.29, 0.717) is 17.9 Å². The molecule has 5 nitrogen and oxygen atoms in total. The van der Waals surface area contributed by atoms with Crippen LogP contribution in [0.25, 0.3) is 10.8 Å². The zero-order valence-corrected chi connectivity index (χ0v) is 20.4. The molecule has 3 aromatic rings. The number of fused-ring (bicyclic) bond motifs is 1. The molecule has 33 heavy (non-hydrogen) atoms. The molecule has 0 heterocycles. The van der Waals surface area contributed by atoms with Crippen molar-refractivity contribution in [1.82, 2.24) is 10.2 Å². The van der Waals surface area contributed by atoms with Crippen LogP contribution in [-0.4, -0.2) is 35.9 Å². The molecule has 0 bridgehead atoms. The number of nitrogens with one attached hydrogen (secondary N) is 1. The van der Waals surface area contributed by atoms with E-state index in [-0.39, 0.29) is 19.1 Å². The van der Waals surface area contributed by atoms with Crippen LogP contribution >= 0.6 is 15.9 Å². The number of carbonyl (C=O) groups is 2. The minimum atomic E-state index is -0.780. The van der Waals surface area contributed by atoms with E-state index in [4.69, 9.17) is 4.74 Å². The van der Waals surface area contributed by atoms with Gasteiger partial charge in [0.15, 0.2) is 6.61 Å². The summed E-state index contributed by atoms with van der Waals surface area (Å²) >= 11 is 3.56. The van der Waals surface area contributed by atoms with Crippen LogP contribution in [0, 0.1) is 5.82 Å². The molecule has 0 saturated carbocycles. The summed E-state index contributed by atoms with van der Waals surface area (Å²) in [4.78, 5) is 27.2. The molecular formula is C26H28BrFN2O3. The highest BCUT2D eigenvalue weighted by atomic mass is 79.9. The Kier molecular flexibility index (Phi) is 8.83. The third-order valence-corrected chi connectivity index (χ3v) is 6.29. The van der Waals surface area contributed by atoms with Gasteiger partial charge in [0.2, 0.25) is 5.91 Å². The van der Waals surface area contributed by atoms with Crippen molar-refractivity contribution >= 4 is 38.5 Å². The van der Waals surface area contributed by atoms with E-state index < -0.39 is 17.8 Å². The molecule has 1 atom stereocenters. The number of hydrogen-bond donors (Lipinski definition) is 1. The number of nitrogens with zero attached hydrogens (tertiary/aromatic N) is 1. The van der Waals surface area contributed by atoms with Crippen molar-refractivity contribution in [3.8, 4) is 5.75 Å². The third-order valence-electron chi connectivity index (χ3n) is 5.47. The molecule has 0 aliphatic heterocycles. The zero-order valence-electron chi connectivity index (χ0n) is 18.8. The first kappa shape index (κ1) is 24.7. The summed E-state index contributed by atoms with van der Waals surface area (Å²) in [6.45, 7) is 3.90. The van der Waals surface area contributed by atoms with Gasteiger partial charge in [-0.1, -0.05) is 61.9 Å². The van der Waals surface area contributed by atoms with Gasteiger partial charge < -0.3 is 15.0 Å². The largest absolute Gasteiger partial charge is 0.483 e. The van der Waals surface area contributed by atoms with Gasteiger partial charge in [0.1, 0.15) is 17.6 Å². The molecule has 0 unspecified atom stereocenters. The number of hydrogen-bond acceptors (Lipinski definition) is 3. The van der Waals surface area contributed by atoms with E-state index in [9.17, 15) is 14.0 Å². The highest BCUT2D eigenvalue weighted by Crippen LogP contribution is 2.33. The molecule has 0 fully saturated rings. The third kappa shape index (κ3) is 6.32. The minimum Gasteiger partial charge on any atom is -0.483 e.